The lowest BCUT2D eigenvalue weighted by atomic mass is 10.1. The molecule has 4 heteroatoms. The van der Waals surface area contributed by atoms with Crippen molar-refractivity contribution in [3.63, 3.8) is 0 Å². The minimum atomic E-state index is -0.0401. The van der Waals surface area contributed by atoms with Gasteiger partial charge in [-0.25, -0.2) is 0 Å². The monoisotopic (exact) mass is 250 g/mol. The molecule has 0 radical (unpaired) electrons. The molecule has 0 saturated carbocycles. The molecule has 0 saturated heterocycles. The fraction of sp³-hybridized carbons (Fsp3) is 1.00. The second kappa shape index (κ2) is 13.9. The summed E-state index contributed by atoms with van der Waals surface area (Å²) in [5.74, 6) is 0. The zero-order chi connectivity index (χ0) is 12.8. The number of ether oxygens (including phenoxy) is 2. The maximum absolute atomic E-state index is 11.3. The third kappa shape index (κ3) is 12.1. The molecule has 0 aromatic heterocycles. The van der Waals surface area contributed by atoms with E-state index < -0.39 is 0 Å². The third-order valence-corrected chi connectivity index (χ3v) is 2.78. The Morgan fingerprint density at radius 1 is 0.941 bits per heavy atom. The van der Waals surface area contributed by atoms with Crippen molar-refractivity contribution in [1.29, 1.82) is 0 Å². The van der Waals surface area contributed by atoms with Crippen LogP contribution in [0.5, 0.6) is 0 Å². The Morgan fingerprint density at radius 2 is 1.53 bits per heavy atom. The predicted molar refractivity (Wildman–Crippen MR) is 66.4 cm³/mol. The van der Waals surface area contributed by atoms with Crippen molar-refractivity contribution in [2.24, 2.45) is 0 Å². The van der Waals surface area contributed by atoms with Crippen LogP contribution in [0.1, 0.15) is 58.3 Å². The molecule has 0 N–H and O–H groups in total. The lowest BCUT2D eigenvalue weighted by molar-refractivity contribution is -0.133. The second-order valence-electron chi connectivity index (χ2n) is 4.20. The largest absolute Gasteiger partial charge is 0.356 e. The van der Waals surface area contributed by atoms with E-state index in [1.165, 1.54) is 25.7 Å². The van der Waals surface area contributed by atoms with Crippen LogP contribution in [-0.2, 0) is 14.4 Å². The van der Waals surface area contributed by atoms with Gasteiger partial charge in [0.2, 0.25) is 0 Å². The first-order chi connectivity index (χ1) is 8.35. The van der Waals surface area contributed by atoms with Gasteiger partial charge in [0.05, 0.1) is 6.61 Å². The number of rotatable bonds is 13. The van der Waals surface area contributed by atoms with Crippen molar-refractivity contribution in [3.05, 3.63) is 0 Å². The van der Waals surface area contributed by atoms with E-state index in [-0.39, 0.29) is 12.9 Å². The highest BCUT2D eigenvalue weighted by Crippen LogP contribution is 2.11. The maximum atomic E-state index is 11.3. The van der Waals surface area contributed by atoms with E-state index in [0.717, 1.165) is 25.7 Å². The summed E-state index contributed by atoms with van der Waals surface area (Å²) in [5, 5.41) is 0. The Hall–Kier alpha value is -0.190. The number of unbranched alkanes of at least 4 members (excludes halogenated alkanes) is 6. The van der Waals surface area contributed by atoms with Gasteiger partial charge in [0.25, 0.3) is 0 Å². The summed E-state index contributed by atoms with van der Waals surface area (Å²) >= 11 is 0. The van der Waals surface area contributed by atoms with E-state index in [0.29, 0.717) is 6.61 Å². The maximum Gasteiger partial charge on any atom is 0.157 e. The molecule has 0 heterocycles. The minimum Gasteiger partial charge on any atom is -0.356 e. The highest BCUT2D eigenvalue weighted by atomic mass is 19.3. The topological polar surface area (TPSA) is 27.7 Å². The Kier molecular flexibility index (Phi) is 13.7. The molecular formula is C13H27FO3. The third-order valence-electron chi connectivity index (χ3n) is 2.78. The predicted octanol–water partition coefficient (Wildman–Crippen LogP) is 4.02. The summed E-state index contributed by atoms with van der Waals surface area (Å²) in [6.45, 7) is 2.92. The number of hydrogen-bond acceptors (Lipinski definition) is 3. The molecule has 0 aromatic carbocycles. The van der Waals surface area contributed by atoms with Crippen molar-refractivity contribution in [3.8, 4) is 0 Å². The zero-order valence-corrected chi connectivity index (χ0v) is 11.3. The van der Waals surface area contributed by atoms with E-state index in [2.05, 4.69) is 4.94 Å². The quantitative estimate of drug-likeness (QED) is 0.365. The van der Waals surface area contributed by atoms with Crippen LogP contribution in [0.2, 0.25) is 0 Å². The molecule has 0 bridgehead atoms. The Morgan fingerprint density at radius 3 is 2.06 bits per heavy atom. The summed E-state index contributed by atoms with van der Waals surface area (Å²) in [4.78, 5) is 3.52. The lowest BCUT2D eigenvalue weighted by Gasteiger charge is -2.14. The second-order valence-corrected chi connectivity index (χ2v) is 4.20. The van der Waals surface area contributed by atoms with Crippen molar-refractivity contribution in [1.82, 2.24) is 0 Å². The van der Waals surface area contributed by atoms with Crippen molar-refractivity contribution < 1.29 is 18.9 Å². The van der Waals surface area contributed by atoms with Crippen LogP contribution in [0.3, 0.4) is 0 Å². The van der Waals surface area contributed by atoms with E-state index in [1.807, 2.05) is 6.92 Å². The van der Waals surface area contributed by atoms with Crippen LogP contribution in [0.15, 0.2) is 0 Å². The van der Waals surface area contributed by atoms with Crippen LogP contribution in [0.4, 0.5) is 4.53 Å². The molecule has 0 fully saturated rings. The number of hydrogen-bond donors (Lipinski definition) is 0. The van der Waals surface area contributed by atoms with E-state index >= 15 is 0 Å². The van der Waals surface area contributed by atoms with Gasteiger partial charge in [-0.05, 0) is 30.7 Å². The first-order valence-corrected chi connectivity index (χ1v) is 6.73. The molecule has 104 valence electrons. The summed E-state index contributed by atoms with van der Waals surface area (Å²) in [7, 11) is 1.69. The van der Waals surface area contributed by atoms with Gasteiger partial charge in [0, 0.05) is 13.7 Å². The van der Waals surface area contributed by atoms with E-state index in [4.69, 9.17) is 9.47 Å². The lowest BCUT2D eigenvalue weighted by Crippen LogP contribution is -2.14. The molecule has 3 nitrogen and oxygen atoms in total. The SMILES string of the molecule is CCOC(CCCCCCCCCOF)OC. The standard InChI is InChI=1S/C13H27FO3/c1-3-16-13(15-2)11-9-7-5-4-6-8-10-12-17-14/h13H,3-12H2,1-2H3. The first-order valence-electron chi connectivity index (χ1n) is 6.73. The van der Waals surface area contributed by atoms with Gasteiger partial charge in [0.1, 0.15) is 0 Å². The molecule has 1 atom stereocenters. The highest BCUT2D eigenvalue weighted by Gasteiger charge is 2.04. The van der Waals surface area contributed by atoms with Crippen LogP contribution in [0, 0.1) is 0 Å². The summed E-state index contributed by atoms with van der Waals surface area (Å²) in [6.07, 6.45) is 8.80. The number of methoxy groups -OCH3 is 1. The summed E-state index contributed by atoms with van der Waals surface area (Å²) in [6, 6.07) is 0. The van der Waals surface area contributed by atoms with Gasteiger partial charge >= 0.3 is 0 Å². The first kappa shape index (κ1) is 16.8. The van der Waals surface area contributed by atoms with E-state index in [9.17, 15) is 4.53 Å². The van der Waals surface area contributed by atoms with Crippen LogP contribution < -0.4 is 0 Å². The normalized spacial score (nSPS) is 12.9. The molecule has 0 amide bonds. The zero-order valence-electron chi connectivity index (χ0n) is 11.3. The van der Waals surface area contributed by atoms with Crippen molar-refractivity contribution >= 4 is 0 Å². The average molecular weight is 250 g/mol. The van der Waals surface area contributed by atoms with Crippen LogP contribution >= 0.6 is 0 Å². The molecule has 17 heavy (non-hydrogen) atoms. The molecule has 1 unspecified atom stereocenters. The molecular weight excluding hydrogens is 223 g/mol. The van der Waals surface area contributed by atoms with Gasteiger partial charge < -0.3 is 9.47 Å². The summed E-state index contributed by atoms with van der Waals surface area (Å²) in [5.41, 5.74) is 0. The molecule has 0 spiro atoms. The Balaban J connectivity index is 3.11. The van der Waals surface area contributed by atoms with Gasteiger partial charge in [-0.1, -0.05) is 32.1 Å². The molecule has 0 rings (SSSR count). The highest BCUT2D eigenvalue weighted by molar-refractivity contribution is 4.49. The average Bonchev–Trinajstić information content (AvgIpc) is 2.35. The molecule has 0 aliphatic carbocycles. The van der Waals surface area contributed by atoms with Crippen LogP contribution in [-0.4, -0.2) is 26.6 Å². The smallest absolute Gasteiger partial charge is 0.157 e. The molecule has 0 aliphatic rings. The molecule has 0 aliphatic heterocycles. The summed E-state index contributed by atoms with van der Waals surface area (Å²) < 4.78 is 21.9. The van der Waals surface area contributed by atoms with Gasteiger partial charge in [-0.3, -0.25) is 0 Å². The van der Waals surface area contributed by atoms with Crippen molar-refractivity contribution in [2.45, 2.75) is 64.6 Å². The number of halogens is 1. The fourth-order valence-corrected chi connectivity index (χ4v) is 1.81. The fourth-order valence-electron chi connectivity index (χ4n) is 1.81. The van der Waals surface area contributed by atoms with Gasteiger partial charge in [0.15, 0.2) is 6.29 Å². The molecule has 0 aromatic rings. The van der Waals surface area contributed by atoms with Gasteiger partial charge in [-0.2, -0.15) is 4.94 Å². The van der Waals surface area contributed by atoms with E-state index in [1.54, 1.807) is 7.11 Å². The Bertz CT molecular complexity index is 145. The van der Waals surface area contributed by atoms with Crippen LogP contribution in [0.25, 0.3) is 0 Å². The van der Waals surface area contributed by atoms with Gasteiger partial charge in [-0.15, -0.1) is 0 Å². The Labute approximate surface area is 105 Å². The van der Waals surface area contributed by atoms with Crippen molar-refractivity contribution in [2.75, 3.05) is 20.3 Å². The minimum absolute atomic E-state index is 0.0401.